The molecule has 2 rings (SSSR count). The second kappa shape index (κ2) is 6.50. The molecule has 17 heavy (non-hydrogen) atoms. The molecule has 3 atom stereocenters. The van der Waals surface area contributed by atoms with Crippen molar-refractivity contribution in [3.05, 3.63) is 16.6 Å². The van der Waals surface area contributed by atoms with E-state index < -0.39 is 0 Å². The van der Waals surface area contributed by atoms with Gasteiger partial charge in [-0.3, -0.25) is 4.98 Å². The molecule has 0 radical (unpaired) electrons. The van der Waals surface area contributed by atoms with Crippen molar-refractivity contribution in [2.45, 2.75) is 52.0 Å². The molecule has 3 heteroatoms. The van der Waals surface area contributed by atoms with Gasteiger partial charge in [-0.25, -0.2) is 0 Å². The van der Waals surface area contributed by atoms with Crippen LogP contribution in [0.25, 0.3) is 0 Å². The van der Waals surface area contributed by atoms with Crippen LogP contribution in [0.3, 0.4) is 0 Å². The zero-order chi connectivity index (χ0) is 12.1. The summed E-state index contributed by atoms with van der Waals surface area (Å²) in [5.41, 5.74) is 1.96. The van der Waals surface area contributed by atoms with Crippen LogP contribution in [0.15, 0.2) is 11.7 Å². The number of hydrogen-bond acceptors (Lipinski definition) is 3. The third-order valence-electron chi connectivity index (χ3n) is 4.05. The Hall–Kier alpha value is -0.410. The average Bonchev–Trinajstić information content (AvgIpc) is 2.89. The van der Waals surface area contributed by atoms with Crippen molar-refractivity contribution in [1.82, 2.24) is 10.3 Å². The summed E-state index contributed by atoms with van der Waals surface area (Å²) < 4.78 is 0. The van der Waals surface area contributed by atoms with Gasteiger partial charge in [0.1, 0.15) is 0 Å². The predicted molar refractivity (Wildman–Crippen MR) is 74.3 cm³/mol. The zero-order valence-electron chi connectivity index (χ0n) is 11.0. The highest BCUT2D eigenvalue weighted by atomic mass is 32.1. The maximum Gasteiger partial charge on any atom is 0.0794 e. The second-order valence-corrected chi connectivity index (χ2v) is 6.06. The molecule has 1 heterocycles. The van der Waals surface area contributed by atoms with Crippen LogP contribution in [0.1, 0.15) is 56.9 Å². The van der Waals surface area contributed by atoms with Crippen LogP contribution in [-0.2, 0) is 0 Å². The van der Waals surface area contributed by atoms with Gasteiger partial charge >= 0.3 is 0 Å². The molecular weight excluding hydrogens is 228 g/mol. The minimum absolute atomic E-state index is 0.543. The fourth-order valence-electron chi connectivity index (χ4n) is 3.10. The van der Waals surface area contributed by atoms with E-state index in [1.807, 2.05) is 11.7 Å². The van der Waals surface area contributed by atoms with Crippen molar-refractivity contribution in [3.8, 4) is 0 Å². The van der Waals surface area contributed by atoms with Gasteiger partial charge in [-0.15, -0.1) is 11.3 Å². The van der Waals surface area contributed by atoms with Crippen molar-refractivity contribution in [3.63, 3.8) is 0 Å². The molecule has 1 aliphatic rings. The summed E-state index contributed by atoms with van der Waals surface area (Å²) in [4.78, 5) is 5.66. The van der Waals surface area contributed by atoms with E-state index in [-0.39, 0.29) is 0 Å². The Kier molecular flexibility index (Phi) is 4.99. The summed E-state index contributed by atoms with van der Waals surface area (Å²) in [5, 5.41) is 3.67. The first-order valence-corrected chi connectivity index (χ1v) is 7.84. The highest BCUT2D eigenvalue weighted by Gasteiger charge is 2.28. The van der Waals surface area contributed by atoms with Crippen molar-refractivity contribution in [1.29, 1.82) is 0 Å². The summed E-state index contributed by atoms with van der Waals surface area (Å²) in [6.45, 7) is 5.59. The van der Waals surface area contributed by atoms with Gasteiger partial charge in [0.05, 0.1) is 5.51 Å². The first kappa shape index (κ1) is 13.0. The van der Waals surface area contributed by atoms with Gasteiger partial charge in [-0.05, 0) is 31.2 Å². The molecule has 1 saturated carbocycles. The van der Waals surface area contributed by atoms with Gasteiger partial charge in [0, 0.05) is 17.1 Å². The molecular formula is C14H24N2S. The molecule has 3 unspecified atom stereocenters. The Bertz CT molecular complexity index is 310. The van der Waals surface area contributed by atoms with E-state index in [1.54, 1.807) is 11.3 Å². The largest absolute Gasteiger partial charge is 0.309 e. The molecule has 0 aliphatic heterocycles. The molecule has 0 saturated heterocycles. The number of nitrogens with zero attached hydrogens (tertiary/aromatic N) is 1. The first-order chi connectivity index (χ1) is 8.35. The molecule has 1 N–H and O–H groups in total. The SMILES string of the molecule is CCNC(c1cncs1)C1CCCC(CC)C1. The van der Waals surface area contributed by atoms with E-state index in [4.69, 9.17) is 0 Å². The van der Waals surface area contributed by atoms with Gasteiger partial charge in [-0.2, -0.15) is 0 Å². The fourth-order valence-corrected chi connectivity index (χ4v) is 3.89. The van der Waals surface area contributed by atoms with Crippen molar-refractivity contribution < 1.29 is 0 Å². The molecule has 96 valence electrons. The maximum atomic E-state index is 4.24. The monoisotopic (exact) mass is 252 g/mol. The minimum atomic E-state index is 0.543. The highest BCUT2D eigenvalue weighted by molar-refractivity contribution is 7.09. The lowest BCUT2D eigenvalue weighted by Gasteiger charge is -2.34. The smallest absolute Gasteiger partial charge is 0.0794 e. The van der Waals surface area contributed by atoms with Crippen LogP contribution >= 0.6 is 11.3 Å². The molecule has 1 fully saturated rings. The van der Waals surface area contributed by atoms with Crippen molar-refractivity contribution in [2.75, 3.05) is 6.54 Å². The lowest BCUT2D eigenvalue weighted by molar-refractivity contribution is 0.212. The minimum Gasteiger partial charge on any atom is -0.309 e. The Morgan fingerprint density at radius 1 is 1.47 bits per heavy atom. The first-order valence-electron chi connectivity index (χ1n) is 6.96. The molecule has 1 aromatic rings. The summed E-state index contributed by atoms with van der Waals surface area (Å²) >= 11 is 1.80. The fraction of sp³-hybridized carbons (Fsp3) is 0.786. The molecule has 1 aromatic heterocycles. The number of rotatable bonds is 5. The van der Waals surface area contributed by atoms with Crippen LogP contribution < -0.4 is 5.32 Å². The Labute approximate surface area is 109 Å². The van der Waals surface area contributed by atoms with Crippen LogP contribution in [0.5, 0.6) is 0 Å². The lowest BCUT2D eigenvalue weighted by atomic mass is 9.76. The molecule has 0 amide bonds. The van der Waals surface area contributed by atoms with Gasteiger partial charge in [0.2, 0.25) is 0 Å². The van der Waals surface area contributed by atoms with Gasteiger partial charge in [0.25, 0.3) is 0 Å². The van der Waals surface area contributed by atoms with Crippen LogP contribution in [0.4, 0.5) is 0 Å². The summed E-state index contributed by atoms with van der Waals surface area (Å²) in [6, 6.07) is 0.543. The number of aromatic nitrogens is 1. The van der Waals surface area contributed by atoms with Crippen LogP contribution in [-0.4, -0.2) is 11.5 Å². The quantitative estimate of drug-likeness (QED) is 0.856. The number of thiazole rings is 1. The van der Waals surface area contributed by atoms with E-state index in [1.165, 1.54) is 37.0 Å². The van der Waals surface area contributed by atoms with E-state index in [0.29, 0.717) is 6.04 Å². The van der Waals surface area contributed by atoms with Gasteiger partial charge in [0.15, 0.2) is 0 Å². The van der Waals surface area contributed by atoms with Gasteiger partial charge in [-0.1, -0.05) is 33.1 Å². The summed E-state index contributed by atoms with van der Waals surface area (Å²) in [5.74, 6) is 1.76. The summed E-state index contributed by atoms with van der Waals surface area (Å²) in [6.07, 6.45) is 9.02. The third-order valence-corrected chi connectivity index (χ3v) is 4.91. The Balaban J connectivity index is 2.05. The zero-order valence-corrected chi connectivity index (χ0v) is 11.8. The maximum absolute atomic E-state index is 4.24. The molecule has 0 spiro atoms. The predicted octanol–water partition coefficient (Wildman–Crippen LogP) is 4.01. The second-order valence-electron chi connectivity index (χ2n) is 5.14. The molecule has 0 aromatic carbocycles. The van der Waals surface area contributed by atoms with Crippen LogP contribution in [0.2, 0.25) is 0 Å². The van der Waals surface area contributed by atoms with Crippen LogP contribution in [0, 0.1) is 11.8 Å². The lowest BCUT2D eigenvalue weighted by Crippen LogP contribution is -2.31. The van der Waals surface area contributed by atoms with Gasteiger partial charge < -0.3 is 5.32 Å². The van der Waals surface area contributed by atoms with E-state index >= 15 is 0 Å². The van der Waals surface area contributed by atoms with Crippen molar-refractivity contribution in [2.24, 2.45) is 11.8 Å². The number of nitrogens with one attached hydrogen (secondary N) is 1. The molecule has 2 nitrogen and oxygen atoms in total. The molecule has 0 bridgehead atoms. The normalized spacial score (nSPS) is 26.9. The molecule has 1 aliphatic carbocycles. The number of hydrogen-bond donors (Lipinski definition) is 1. The third kappa shape index (κ3) is 3.29. The van der Waals surface area contributed by atoms with E-state index in [0.717, 1.165) is 18.4 Å². The average molecular weight is 252 g/mol. The Morgan fingerprint density at radius 2 is 2.35 bits per heavy atom. The standard InChI is InChI=1S/C14H24N2S/c1-3-11-6-5-7-12(8-11)14(16-4-2)13-9-15-10-17-13/h9-12,14,16H,3-8H2,1-2H3. The summed E-state index contributed by atoms with van der Waals surface area (Å²) in [7, 11) is 0. The van der Waals surface area contributed by atoms with E-state index in [9.17, 15) is 0 Å². The van der Waals surface area contributed by atoms with E-state index in [2.05, 4.69) is 24.1 Å². The highest BCUT2D eigenvalue weighted by Crippen LogP contribution is 2.39. The topological polar surface area (TPSA) is 24.9 Å². The Morgan fingerprint density at radius 3 is 3.00 bits per heavy atom. The van der Waals surface area contributed by atoms with Crippen molar-refractivity contribution >= 4 is 11.3 Å².